The second-order valence-corrected chi connectivity index (χ2v) is 9.04. The Hall–Kier alpha value is -2.97. The van der Waals surface area contributed by atoms with Crippen LogP contribution in [0.5, 0.6) is 5.75 Å². The highest BCUT2D eigenvalue weighted by atomic mass is 19.1. The lowest BCUT2D eigenvalue weighted by molar-refractivity contribution is -0.136. The maximum atomic E-state index is 14.2. The Morgan fingerprint density at radius 1 is 1.38 bits per heavy atom. The second kappa shape index (κ2) is 8.88. The summed E-state index contributed by atoms with van der Waals surface area (Å²) in [6.07, 6.45) is 5.44. The van der Waals surface area contributed by atoms with E-state index in [1.807, 2.05) is 11.9 Å². The van der Waals surface area contributed by atoms with Crippen molar-refractivity contribution in [2.75, 3.05) is 19.9 Å². The number of aryl methyl sites for hydroxylation is 1. The van der Waals surface area contributed by atoms with Gasteiger partial charge in [0.15, 0.2) is 23.0 Å². The van der Waals surface area contributed by atoms with E-state index >= 15 is 0 Å². The summed E-state index contributed by atoms with van der Waals surface area (Å²) in [4.78, 5) is 23.5. The number of fused-ring (bicyclic) bond motifs is 3. The van der Waals surface area contributed by atoms with E-state index in [1.54, 1.807) is 0 Å². The lowest BCUT2D eigenvalue weighted by atomic mass is 10.0. The van der Waals surface area contributed by atoms with Crippen LogP contribution in [0.1, 0.15) is 51.8 Å². The van der Waals surface area contributed by atoms with Crippen molar-refractivity contribution >= 4 is 28.4 Å². The molecule has 2 unspecified atom stereocenters. The molecular weight excluding hydrogens is 411 g/mol. The molecule has 2 aromatic heterocycles. The summed E-state index contributed by atoms with van der Waals surface area (Å²) < 4.78 is 20.7. The first-order valence-corrected chi connectivity index (χ1v) is 11.2. The molecule has 1 amide bonds. The third-order valence-corrected chi connectivity index (χ3v) is 6.69. The summed E-state index contributed by atoms with van der Waals surface area (Å²) in [5.74, 6) is 1.49. The lowest BCUT2D eigenvalue weighted by Gasteiger charge is -2.27. The van der Waals surface area contributed by atoms with Crippen LogP contribution in [-0.4, -0.2) is 50.6 Å². The average molecular weight is 443 g/mol. The molecule has 2 N–H and O–H groups in total. The first kappa shape index (κ1) is 22.2. The van der Waals surface area contributed by atoms with E-state index in [9.17, 15) is 9.18 Å². The molecule has 0 radical (unpaired) electrons. The van der Waals surface area contributed by atoms with Crippen molar-refractivity contribution in [3.8, 4) is 5.75 Å². The number of anilines is 1. The van der Waals surface area contributed by atoms with E-state index in [1.165, 1.54) is 23.8 Å². The van der Waals surface area contributed by atoms with Crippen LogP contribution in [0.4, 0.5) is 10.3 Å². The fourth-order valence-corrected chi connectivity index (χ4v) is 4.62. The van der Waals surface area contributed by atoms with E-state index in [0.717, 1.165) is 32.1 Å². The number of halogens is 1. The Balaban J connectivity index is 1.44. The van der Waals surface area contributed by atoms with E-state index in [4.69, 9.17) is 10.5 Å². The summed E-state index contributed by atoms with van der Waals surface area (Å²) in [6, 6.07) is 3.00. The summed E-state index contributed by atoms with van der Waals surface area (Å²) >= 11 is 0. The van der Waals surface area contributed by atoms with Gasteiger partial charge in [0.1, 0.15) is 0 Å². The van der Waals surface area contributed by atoms with Crippen LogP contribution in [0.15, 0.2) is 12.1 Å². The fraction of sp³-hybridized carbons (Fsp3) is 0.565. The van der Waals surface area contributed by atoms with Crippen LogP contribution in [0, 0.1) is 17.7 Å². The molecule has 4 rings (SSSR count). The topological polar surface area (TPSA) is 98.6 Å². The molecule has 172 valence electrons. The van der Waals surface area contributed by atoms with Crippen LogP contribution in [0.2, 0.25) is 0 Å². The highest BCUT2D eigenvalue weighted by Gasteiger charge is 2.30. The first-order chi connectivity index (χ1) is 15.3. The van der Waals surface area contributed by atoms with Gasteiger partial charge in [-0.15, -0.1) is 5.10 Å². The second-order valence-electron chi connectivity index (χ2n) is 9.04. The molecule has 0 saturated heterocycles. The average Bonchev–Trinajstić information content (AvgIpc) is 3.40. The van der Waals surface area contributed by atoms with Gasteiger partial charge in [-0.25, -0.2) is 14.4 Å². The third kappa shape index (κ3) is 4.20. The zero-order valence-corrected chi connectivity index (χ0v) is 19.1. The molecule has 0 aliphatic heterocycles. The molecule has 8 nitrogen and oxygen atoms in total. The van der Waals surface area contributed by atoms with Gasteiger partial charge >= 0.3 is 0 Å². The van der Waals surface area contributed by atoms with Gasteiger partial charge < -0.3 is 15.4 Å². The van der Waals surface area contributed by atoms with E-state index in [0.29, 0.717) is 34.7 Å². The van der Waals surface area contributed by atoms with Crippen LogP contribution in [-0.2, 0) is 11.2 Å². The molecule has 0 spiro atoms. The number of ether oxygens (including phenoxy) is 1. The molecule has 1 aromatic carbocycles. The highest BCUT2D eigenvalue weighted by molar-refractivity contribution is 5.93. The number of carbonyl (C=O) groups is 1. The minimum absolute atomic E-state index is 0.105. The van der Waals surface area contributed by atoms with Crippen molar-refractivity contribution in [1.29, 1.82) is 0 Å². The molecule has 3 aromatic rings. The van der Waals surface area contributed by atoms with Crippen molar-refractivity contribution in [3.63, 3.8) is 0 Å². The van der Waals surface area contributed by atoms with Gasteiger partial charge in [0.05, 0.1) is 12.6 Å². The van der Waals surface area contributed by atoms with Gasteiger partial charge in [-0.2, -0.15) is 4.52 Å². The molecule has 0 bridgehead atoms. The number of rotatable bonds is 7. The minimum atomic E-state index is -0.490. The SMILES string of the molecule is COc1cc2nc(N)n3nc(CCC[C@H](C)N(C)C(=O)C4CCC(C)C4)nc3c2cc1F. The monoisotopic (exact) mass is 442 g/mol. The number of carbonyl (C=O) groups excluding carboxylic acids is 1. The number of hydrogen-bond acceptors (Lipinski definition) is 6. The van der Waals surface area contributed by atoms with Crippen molar-refractivity contribution in [3.05, 3.63) is 23.8 Å². The molecule has 1 fully saturated rings. The van der Waals surface area contributed by atoms with Crippen molar-refractivity contribution in [2.24, 2.45) is 11.8 Å². The molecule has 1 aliphatic rings. The first-order valence-electron chi connectivity index (χ1n) is 11.2. The van der Waals surface area contributed by atoms with Gasteiger partial charge in [0.25, 0.3) is 0 Å². The standard InChI is InChI=1S/C23H31FN6O2/c1-13-8-9-15(10-13)22(31)29(3)14(2)6-5-7-20-27-21-16-11-17(24)19(32-4)12-18(16)26-23(25)30(21)28-20/h11-15H,5-10H2,1-4H3,(H2,25,26)/t13?,14-,15?/m0/s1. The normalized spacial score (nSPS) is 19.5. The molecule has 9 heteroatoms. The van der Waals surface area contributed by atoms with Gasteiger partial charge in [-0.1, -0.05) is 6.92 Å². The lowest BCUT2D eigenvalue weighted by Crippen LogP contribution is -2.38. The number of aromatic nitrogens is 4. The Labute approximate surface area is 187 Å². The Morgan fingerprint density at radius 3 is 2.84 bits per heavy atom. The number of nitrogens with zero attached hydrogens (tertiary/aromatic N) is 5. The molecule has 32 heavy (non-hydrogen) atoms. The Morgan fingerprint density at radius 2 is 2.16 bits per heavy atom. The maximum Gasteiger partial charge on any atom is 0.225 e. The third-order valence-electron chi connectivity index (χ3n) is 6.69. The summed E-state index contributed by atoms with van der Waals surface area (Å²) in [6.45, 7) is 4.30. The highest BCUT2D eigenvalue weighted by Crippen LogP contribution is 2.32. The number of methoxy groups -OCH3 is 1. The van der Waals surface area contributed by atoms with Crippen molar-refractivity contribution in [2.45, 2.75) is 58.4 Å². The van der Waals surface area contributed by atoms with Crippen LogP contribution >= 0.6 is 0 Å². The molecule has 1 aliphatic carbocycles. The van der Waals surface area contributed by atoms with Gasteiger partial charge in [0, 0.05) is 36.9 Å². The van der Waals surface area contributed by atoms with E-state index in [-0.39, 0.29) is 29.6 Å². The maximum absolute atomic E-state index is 14.2. The number of hydrogen-bond donors (Lipinski definition) is 1. The number of amides is 1. The number of benzene rings is 1. The predicted octanol–water partition coefficient (Wildman–Crippen LogP) is 3.61. The minimum Gasteiger partial charge on any atom is -0.494 e. The largest absolute Gasteiger partial charge is 0.494 e. The van der Waals surface area contributed by atoms with Crippen molar-refractivity contribution < 1.29 is 13.9 Å². The summed E-state index contributed by atoms with van der Waals surface area (Å²) in [5.41, 5.74) is 7.03. The quantitative estimate of drug-likeness (QED) is 0.600. The number of nitrogen functional groups attached to an aromatic ring is 1. The zero-order chi connectivity index (χ0) is 23.0. The van der Waals surface area contributed by atoms with Crippen LogP contribution < -0.4 is 10.5 Å². The summed E-state index contributed by atoms with van der Waals surface area (Å²) in [5, 5.41) is 5.00. The molecule has 2 heterocycles. The predicted molar refractivity (Wildman–Crippen MR) is 121 cm³/mol. The molecule has 3 atom stereocenters. The number of nitrogens with two attached hydrogens (primary N) is 1. The van der Waals surface area contributed by atoms with Crippen LogP contribution in [0.25, 0.3) is 16.6 Å². The molecule has 1 saturated carbocycles. The van der Waals surface area contributed by atoms with Gasteiger partial charge in [0.2, 0.25) is 11.9 Å². The smallest absolute Gasteiger partial charge is 0.225 e. The van der Waals surface area contributed by atoms with E-state index < -0.39 is 5.82 Å². The Kier molecular flexibility index (Phi) is 6.17. The fourth-order valence-electron chi connectivity index (χ4n) is 4.62. The zero-order valence-electron chi connectivity index (χ0n) is 19.1. The van der Waals surface area contributed by atoms with Crippen molar-refractivity contribution in [1.82, 2.24) is 24.5 Å². The summed E-state index contributed by atoms with van der Waals surface area (Å²) in [7, 11) is 3.31. The van der Waals surface area contributed by atoms with Crippen LogP contribution in [0.3, 0.4) is 0 Å². The van der Waals surface area contributed by atoms with Gasteiger partial charge in [-0.3, -0.25) is 4.79 Å². The Bertz CT molecular complexity index is 1150. The van der Waals surface area contributed by atoms with Gasteiger partial charge in [-0.05, 0) is 51.0 Å². The van der Waals surface area contributed by atoms with E-state index in [2.05, 4.69) is 28.9 Å². The molecular formula is C23H31FN6O2.